The monoisotopic (exact) mass is 493 g/mol. The maximum absolute atomic E-state index is 13.0. The molecule has 0 fully saturated rings. The number of anilines is 2. The topological polar surface area (TPSA) is 120 Å². The van der Waals surface area contributed by atoms with E-state index >= 15 is 0 Å². The molecule has 0 spiro atoms. The average molecular weight is 494 g/mol. The van der Waals surface area contributed by atoms with Gasteiger partial charge in [0.2, 0.25) is 11.8 Å². The minimum absolute atomic E-state index is 0.169. The number of methoxy groups -OCH3 is 2. The van der Waals surface area contributed by atoms with E-state index in [9.17, 15) is 14.4 Å². The number of hydrogen-bond acceptors (Lipinski definition) is 6. The minimum atomic E-state index is -0.527. The molecule has 3 aromatic rings. The molecule has 182 valence electrons. The van der Waals surface area contributed by atoms with Gasteiger partial charge in [-0.3, -0.25) is 14.4 Å². The van der Waals surface area contributed by atoms with Gasteiger partial charge in [-0.2, -0.15) is 0 Å². The second kappa shape index (κ2) is 11.9. The summed E-state index contributed by atoms with van der Waals surface area (Å²) in [5.41, 5.74) is 7.07. The molecule has 0 heterocycles. The van der Waals surface area contributed by atoms with Gasteiger partial charge in [0.1, 0.15) is 17.1 Å². The number of carbonyl (C=O) groups excluding carboxylic acids is 3. The number of primary amides is 1. The van der Waals surface area contributed by atoms with Crippen molar-refractivity contribution in [3.05, 3.63) is 77.9 Å². The van der Waals surface area contributed by atoms with E-state index in [2.05, 4.69) is 10.6 Å². The van der Waals surface area contributed by atoms with Gasteiger partial charge < -0.3 is 25.8 Å². The molecule has 1 unspecified atom stereocenters. The Morgan fingerprint density at radius 1 is 0.886 bits per heavy atom. The van der Waals surface area contributed by atoms with Crippen molar-refractivity contribution in [1.29, 1.82) is 0 Å². The maximum atomic E-state index is 13.0. The van der Waals surface area contributed by atoms with E-state index in [1.807, 2.05) is 25.1 Å². The lowest BCUT2D eigenvalue weighted by Crippen LogP contribution is -2.24. The zero-order valence-corrected chi connectivity index (χ0v) is 20.5. The molecule has 0 aliphatic rings. The Morgan fingerprint density at radius 3 is 2.09 bits per heavy atom. The molecule has 9 heteroatoms. The molecule has 35 heavy (non-hydrogen) atoms. The first-order chi connectivity index (χ1) is 16.9. The predicted molar refractivity (Wildman–Crippen MR) is 137 cm³/mol. The molecular weight excluding hydrogens is 466 g/mol. The van der Waals surface area contributed by atoms with E-state index in [0.29, 0.717) is 40.4 Å². The van der Waals surface area contributed by atoms with E-state index in [-0.39, 0.29) is 17.1 Å². The lowest BCUT2D eigenvalue weighted by molar-refractivity contribution is -0.115. The van der Waals surface area contributed by atoms with Crippen LogP contribution in [0.3, 0.4) is 0 Å². The van der Waals surface area contributed by atoms with Crippen molar-refractivity contribution in [2.75, 3.05) is 24.9 Å². The molecule has 8 nitrogen and oxygen atoms in total. The standard InChI is InChI=1S/C26H27N3O5S/c1-4-22(25(31)28-17-13-11-16(12-14-17)24(27)30)35-19-8-5-7-18(15-19)29-26(32)23-20(33-2)9-6-10-21(23)34-3/h5-15,22H,4H2,1-3H3,(H2,27,30)(H,28,31)(H,29,32). The second-order valence-corrected chi connectivity index (χ2v) is 8.74. The van der Waals surface area contributed by atoms with Gasteiger partial charge in [-0.15, -0.1) is 11.8 Å². The van der Waals surface area contributed by atoms with Crippen molar-refractivity contribution in [3.8, 4) is 11.5 Å². The van der Waals surface area contributed by atoms with Crippen molar-refractivity contribution < 1.29 is 23.9 Å². The lowest BCUT2D eigenvalue weighted by Gasteiger charge is -2.16. The maximum Gasteiger partial charge on any atom is 0.263 e. The van der Waals surface area contributed by atoms with Crippen LogP contribution in [0.15, 0.2) is 71.6 Å². The normalized spacial score (nSPS) is 11.3. The molecule has 0 radical (unpaired) electrons. The summed E-state index contributed by atoms with van der Waals surface area (Å²) >= 11 is 1.39. The first kappa shape index (κ1) is 25.6. The number of ether oxygens (including phenoxy) is 2. The molecule has 0 aliphatic heterocycles. The van der Waals surface area contributed by atoms with Crippen LogP contribution in [0.5, 0.6) is 11.5 Å². The van der Waals surface area contributed by atoms with Crippen LogP contribution < -0.4 is 25.8 Å². The van der Waals surface area contributed by atoms with E-state index in [0.717, 1.165) is 4.90 Å². The zero-order chi connectivity index (χ0) is 25.4. The van der Waals surface area contributed by atoms with Gasteiger partial charge in [-0.1, -0.05) is 19.1 Å². The number of thioether (sulfide) groups is 1. The van der Waals surface area contributed by atoms with E-state index in [1.165, 1.54) is 26.0 Å². The van der Waals surface area contributed by atoms with Crippen LogP contribution in [0, 0.1) is 0 Å². The van der Waals surface area contributed by atoms with Crippen LogP contribution in [-0.2, 0) is 4.79 Å². The average Bonchev–Trinajstić information content (AvgIpc) is 2.87. The Labute approximate surface area is 208 Å². The van der Waals surface area contributed by atoms with Crippen LogP contribution in [0.2, 0.25) is 0 Å². The summed E-state index contributed by atoms with van der Waals surface area (Å²) in [5.74, 6) is -0.262. The molecule has 0 aliphatic carbocycles. The number of nitrogens with two attached hydrogens (primary N) is 1. The summed E-state index contributed by atoms with van der Waals surface area (Å²) in [6, 6.07) is 18.8. The van der Waals surface area contributed by atoms with Crippen molar-refractivity contribution >= 4 is 40.9 Å². The summed E-state index contributed by atoms with van der Waals surface area (Å²) in [5, 5.41) is 5.37. The molecule has 3 amide bonds. The highest BCUT2D eigenvalue weighted by Gasteiger charge is 2.20. The van der Waals surface area contributed by atoms with Crippen LogP contribution in [0.25, 0.3) is 0 Å². The number of carbonyl (C=O) groups is 3. The second-order valence-electron chi connectivity index (χ2n) is 7.47. The molecule has 4 N–H and O–H groups in total. The van der Waals surface area contributed by atoms with E-state index in [1.54, 1.807) is 48.5 Å². The van der Waals surface area contributed by atoms with Crippen LogP contribution >= 0.6 is 11.8 Å². The fourth-order valence-corrected chi connectivity index (χ4v) is 4.36. The fourth-order valence-electron chi connectivity index (χ4n) is 3.34. The summed E-state index contributed by atoms with van der Waals surface area (Å²) in [6.07, 6.45) is 0.588. The van der Waals surface area contributed by atoms with E-state index in [4.69, 9.17) is 15.2 Å². The van der Waals surface area contributed by atoms with Crippen LogP contribution in [-0.4, -0.2) is 37.2 Å². The third-order valence-electron chi connectivity index (χ3n) is 5.13. The first-order valence-electron chi connectivity index (χ1n) is 10.9. The number of rotatable bonds is 10. The Hall–Kier alpha value is -3.98. The van der Waals surface area contributed by atoms with Gasteiger partial charge in [-0.05, 0) is 61.0 Å². The highest BCUT2D eigenvalue weighted by atomic mass is 32.2. The summed E-state index contributed by atoms with van der Waals surface area (Å²) in [6.45, 7) is 1.92. The molecule has 0 aromatic heterocycles. The third-order valence-corrected chi connectivity index (χ3v) is 6.48. The van der Waals surface area contributed by atoms with E-state index < -0.39 is 5.91 Å². The predicted octanol–water partition coefficient (Wildman–Crippen LogP) is 4.56. The van der Waals surface area contributed by atoms with Crippen molar-refractivity contribution in [2.24, 2.45) is 5.73 Å². The first-order valence-corrected chi connectivity index (χ1v) is 11.7. The number of nitrogens with one attached hydrogen (secondary N) is 2. The highest BCUT2D eigenvalue weighted by molar-refractivity contribution is 8.00. The zero-order valence-electron chi connectivity index (χ0n) is 19.7. The summed E-state index contributed by atoms with van der Waals surface area (Å²) in [4.78, 5) is 37.8. The highest BCUT2D eigenvalue weighted by Crippen LogP contribution is 2.31. The summed E-state index contributed by atoms with van der Waals surface area (Å²) < 4.78 is 10.6. The SMILES string of the molecule is CCC(Sc1cccc(NC(=O)c2c(OC)cccc2OC)c1)C(=O)Nc1ccc(C(N)=O)cc1. The smallest absolute Gasteiger partial charge is 0.263 e. The molecule has 3 rings (SSSR count). The molecule has 0 bridgehead atoms. The van der Waals surface area contributed by atoms with Gasteiger partial charge >= 0.3 is 0 Å². The molecular formula is C26H27N3O5S. The largest absolute Gasteiger partial charge is 0.496 e. The van der Waals surface area contributed by atoms with Crippen molar-refractivity contribution in [1.82, 2.24) is 0 Å². The molecule has 3 aromatic carbocycles. The molecule has 0 saturated carbocycles. The molecule has 0 saturated heterocycles. The van der Waals surface area contributed by atoms with Gasteiger partial charge in [0.25, 0.3) is 5.91 Å². The summed E-state index contributed by atoms with van der Waals surface area (Å²) in [7, 11) is 2.98. The Morgan fingerprint density at radius 2 is 1.51 bits per heavy atom. The van der Waals surface area contributed by atoms with Crippen molar-refractivity contribution in [3.63, 3.8) is 0 Å². The lowest BCUT2D eigenvalue weighted by atomic mass is 10.1. The van der Waals surface area contributed by atoms with Gasteiger partial charge in [0, 0.05) is 21.8 Å². The van der Waals surface area contributed by atoms with Gasteiger partial charge in [-0.25, -0.2) is 0 Å². The number of benzene rings is 3. The fraction of sp³-hybridized carbons (Fsp3) is 0.192. The number of hydrogen-bond donors (Lipinski definition) is 3. The Bertz CT molecular complexity index is 1190. The van der Waals surface area contributed by atoms with Crippen LogP contribution in [0.4, 0.5) is 11.4 Å². The Balaban J connectivity index is 1.70. The third kappa shape index (κ3) is 6.54. The van der Waals surface area contributed by atoms with Gasteiger partial charge in [0.15, 0.2) is 0 Å². The minimum Gasteiger partial charge on any atom is -0.496 e. The number of amides is 3. The quantitative estimate of drug-likeness (QED) is 0.356. The van der Waals surface area contributed by atoms with Gasteiger partial charge in [0.05, 0.1) is 19.5 Å². The van der Waals surface area contributed by atoms with Crippen LogP contribution in [0.1, 0.15) is 34.1 Å². The van der Waals surface area contributed by atoms with Crippen molar-refractivity contribution in [2.45, 2.75) is 23.5 Å². The Kier molecular flexibility index (Phi) is 8.74. The molecule has 1 atom stereocenters.